The molecule has 0 aliphatic carbocycles. The van der Waals surface area contributed by atoms with E-state index in [0.29, 0.717) is 0 Å². The second-order valence-corrected chi connectivity index (χ2v) is 15.1. The average molecular weight is 719 g/mol. The summed E-state index contributed by atoms with van der Waals surface area (Å²) >= 11 is 1.88. The largest absolute Gasteiger partial charge is 0.309 e. The van der Waals surface area contributed by atoms with Crippen LogP contribution in [0, 0.1) is 0 Å². The first-order valence-corrected chi connectivity index (χ1v) is 19.6. The average Bonchev–Trinajstić information content (AvgIpc) is 3.82. The van der Waals surface area contributed by atoms with Crippen molar-refractivity contribution >= 4 is 81.1 Å². The molecule has 0 atom stereocenters. The van der Waals surface area contributed by atoms with Crippen molar-refractivity contribution in [3.8, 4) is 27.9 Å². The standard InChI is InChI=1S/C52H34N2S/c1-3-15-36(16-4-1)42-33-34-48(51-44-23-10-12-28-49(44)55-52(42)51)54(45-26-13-18-35-17-7-8-21-40(35)45)39-31-29-37(30-32-39)41-24-14-27-47-50(41)43-22-9-11-25-46(43)53(47)38-19-5-2-6-20-38/h1-34H. The van der Waals surface area contributed by atoms with Crippen LogP contribution in [0.3, 0.4) is 0 Å². The van der Waals surface area contributed by atoms with Gasteiger partial charge in [-0.1, -0.05) is 152 Å². The highest BCUT2D eigenvalue weighted by atomic mass is 32.1. The van der Waals surface area contributed by atoms with Crippen LogP contribution >= 0.6 is 11.3 Å². The Morgan fingerprint density at radius 3 is 1.85 bits per heavy atom. The third-order valence-corrected chi connectivity index (χ3v) is 12.2. The predicted molar refractivity (Wildman–Crippen MR) is 237 cm³/mol. The van der Waals surface area contributed by atoms with Crippen LogP contribution < -0.4 is 4.90 Å². The summed E-state index contributed by atoms with van der Waals surface area (Å²) in [5.74, 6) is 0. The van der Waals surface area contributed by atoms with Crippen molar-refractivity contribution in [2.75, 3.05) is 4.90 Å². The summed E-state index contributed by atoms with van der Waals surface area (Å²) in [4.78, 5) is 2.48. The minimum absolute atomic E-state index is 1.11. The Bertz CT molecular complexity index is 3190. The van der Waals surface area contributed by atoms with Gasteiger partial charge in [-0.15, -0.1) is 11.3 Å². The Morgan fingerprint density at radius 1 is 0.382 bits per heavy atom. The van der Waals surface area contributed by atoms with Gasteiger partial charge in [-0.3, -0.25) is 0 Å². The number of anilines is 3. The van der Waals surface area contributed by atoms with E-state index in [1.807, 2.05) is 11.3 Å². The maximum atomic E-state index is 2.48. The maximum absolute atomic E-state index is 2.48. The Hall–Kier alpha value is -6.94. The Labute approximate surface area is 323 Å². The summed E-state index contributed by atoms with van der Waals surface area (Å²) in [5.41, 5.74) is 11.9. The molecule has 9 aromatic carbocycles. The molecule has 0 N–H and O–H groups in total. The van der Waals surface area contributed by atoms with E-state index in [1.54, 1.807) is 0 Å². The van der Waals surface area contributed by atoms with E-state index in [2.05, 4.69) is 216 Å². The molecule has 258 valence electrons. The third-order valence-electron chi connectivity index (χ3n) is 11.0. The van der Waals surface area contributed by atoms with Crippen molar-refractivity contribution in [2.24, 2.45) is 0 Å². The summed E-state index contributed by atoms with van der Waals surface area (Å²) in [7, 11) is 0. The first kappa shape index (κ1) is 31.6. The van der Waals surface area contributed by atoms with Gasteiger partial charge in [-0.05, 0) is 82.2 Å². The van der Waals surface area contributed by atoms with E-state index in [1.165, 1.54) is 80.7 Å². The molecule has 3 heteroatoms. The van der Waals surface area contributed by atoms with Crippen LogP contribution in [0.1, 0.15) is 0 Å². The van der Waals surface area contributed by atoms with Gasteiger partial charge in [-0.25, -0.2) is 0 Å². The van der Waals surface area contributed by atoms with E-state index >= 15 is 0 Å². The lowest BCUT2D eigenvalue weighted by molar-refractivity contribution is 1.18. The minimum atomic E-state index is 1.11. The number of benzene rings is 9. The predicted octanol–water partition coefficient (Wildman–Crippen LogP) is 15.1. The summed E-state index contributed by atoms with van der Waals surface area (Å²) in [5, 5.41) is 7.51. The molecule has 11 aromatic rings. The zero-order valence-corrected chi connectivity index (χ0v) is 30.7. The van der Waals surface area contributed by atoms with E-state index in [9.17, 15) is 0 Å². The van der Waals surface area contributed by atoms with Crippen LogP contribution in [0.5, 0.6) is 0 Å². The van der Waals surface area contributed by atoms with Crippen LogP contribution in [0.15, 0.2) is 206 Å². The first-order valence-electron chi connectivity index (χ1n) is 18.8. The maximum Gasteiger partial charge on any atom is 0.0555 e. The number of fused-ring (bicyclic) bond motifs is 7. The molecule has 2 aromatic heterocycles. The molecule has 0 aliphatic heterocycles. The zero-order chi connectivity index (χ0) is 36.3. The van der Waals surface area contributed by atoms with Crippen LogP contribution in [-0.2, 0) is 0 Å². The van der Waals surface area contributed by atoms with Gasteiger partial charge in [0.15, 0.2) is 0 Å². The molecule has 0 saturated carbocycles. The van der Waals surface area contributed by atoms with Gasteiger partial charge < -0.3 is 9.47 Å². The van der Waals surface area contributed by atoms with E-state index in [-0.39, 0.29) is 0 Å². The molecule has 2 nitrogen and oxygen atoms in total. The molecule has 0 fully saturated rings. The highest BCUT2D eigenvalue weighted by Crippen LogP contribution is 2.49. The van der Waals surface area contributed by atoms with Crippen molar-refractivity contribution < 1.29 is 0 Å². The van der Waals surface area contributed by atoms with E-state index in [4.69, 9.17) is 0 Å². The smallest absolute Gasteiger partial charge is 0.0555 e. The lowest BCUT2D eigenvalue weighted by atomic mass is 9.98. The van der Waals surface area contributed by atoms with Crippen LogP contribution in [0.25, 0.3) is 80.7 Å². The van der Waals surface area contributed by atoms with Crippen molar-refractivity contribution in [1.82, 2.24) is 4.57 Å². The lowest BCUT2D eigenvalue weighted by Gasteiger charge is -2.28. The van der Waals surface area contributed by atoms with Gasteiger partial charge in [0.05, 0.1) is 22.4 Å². The van der Waals surface area contributed by atoms with Gasteiger partial charge in [0.25, 0.3) is 0 Å². The van der Waals surface area contributed by atoms with E-state index in [0.717, 1.165) is 17.1 Å². The van der Waals surface area contributed by atoms with Crippen LogP contribution in [-0.4, -0.2) is 4.57 Å². The fourth-order valence-electron chi connectivity index (χ4n) is 8.56. The Kier molecular flexibility index (Phi) is 7.39. The van der Waals surface area contributed by atoms with Gasteiger partial charge in [0.2, 0.25) is 0 Å². The first-order chi connectivity index (χ1) is 27.3. The molecule has 0 aliphatic rings. The molecular formula is C52H34N2S. The normalized spacial score (nSPS) is 11.6. The van der Waals surface area contributed by atoms with Crippen LogP contribution in [0.2, 0.25) is 0 Å². The molecule has 11 rings (SSSR count). The molecule has 55 heavy (non-hydrogen) atoms. The van der Waals surface area contributed by atoms with Crippen molar-refractivity contribution in [3.05, 3.63) is 206 Å². The van der Waals surface area contributed by atoms with Crippen molar-refractivity contribution in [1.29, 1.82) is 0 Å². The van der Waals surface area contributed by atoms with Crippen LogP contribution in [0.4, 0.5) is 17.1 Å². The molecule has 0 amide bonds. The highest BCUT2D eigenvalue weighted by Gasteiger charge is 2.23. The van der Waals surface area contributed by atoms with Gasteiger partial charge in [0.1, 0.15) is 0 Å². The molecule has 0 spiro atoms. The summed E-state index contributed by atoms with van der Waals surface area (Å²) in [6.45, 7) is 0. The highest BCUT2D eigenvalue weighted by molar-refractivity contribution is 7.26. The number of hydrogen-bond donors (Lipinski definition) is 0. The van der Waals surface area contributed by atoms with E-state index < -0.39 is 0 Å². The number of thiophene rings is 1. The van der Waals surface area contributed by atoms with Crippen molar-refractivity contribution in [2.45, 2.75) is 0 Å². The van der Waals surface area contributed by atoms with Gasteiger partial charge >= 0.3 is 0 Å². The quantitative estimate of drug-likeness (QED) is 0.166. The second kappa shape index (κ2) is 12.9. The molecule has 0 saturated heterocycles. The Morgan fingerprint density at radius 2 is 1.02 bits per heavy atom. The summed E-state index contributed by atoms with van der Waals surface area (Å²) in [6.07, 6.45) is 0. The summed E-state index contributed by atoms with van der Waals surface area (Å²) in [6, 6.07) is 75.1. The number of aromatic nitrogens is 1. The van der Waals surface area contributed by atoms with Gasteiger partial charge in [-0.2, -0.15) is 0 Å². The van der Waals surface area contributed by atoms with Crippen molar-refractivity contribution in [3.63, 3.8) is 0 Å². The minimum Gasteiger partial charge on any atom is -0.309 e. The molecular weight excluding hydrogens is 685 g/mol. The summed E-state index contributed by atoms with van der Waals surface area (Å²) < 4.78 is 4.98. The fraction of sp³-hybridized carbons (Fsp3) is 0. The topological polar surface area (TPSA) is 8.17 Å². The Balaban J connectivity index is 1.14. The lowest BCUT2D eigenvalue weighted by Crippen LogP contribution is -2.11. The number of hydrogen-bond acceptors (Lipinski definition) is 2. The number of para-hydroxylation sites is 2. The molecule has 2 heterocycles. The monoisotopic (exact) mass is 718 g/mol. The molecule has 0 bridgehead atoms. The molecule has 0 unspecified atom stereocenters. The zero-order valence-electron chi connectivity index (χ0n) is 29.9. The SMILES string of the molecule is c1ccc(-c2ccc(N(c3ccc(-c4cccc5c4c4ccccc4n5-c4ccccc4)cc3)c3cccc4ccccc34)c3c2sc2ccccc23)cc1. The molecule has 0 radical (unpaired) electrons. The third kappa shape index (κ3) is 5.09. The number of nitrogens with zero attached hydrogens (tertiary/aromatic N) is 2. The van der Waals surface area contributed by atoms with Gasteiger partial charge in [0, 0.05) is 47.7 Å². The second-order valence-electron chi connectivity index (χ2n) is 14.1. The fourth-order valence-corrected chi connectivity index (χ4v) is 9.82. The number of rotatable bonds is 6.